The predicted molar refractivity (Wildman–Crippen MR) is 87.4 cm³/mol. The van der Waals surface area contributed by atoms with Gasteiger partial charge in [0.15, 0.2) is 5.76 Å². The Morgan fingerprint density at radius 2 is 1.95 bits per heavy atom. The Morgan fingerprint density at radius 3 is 2.64 bits per heavy atom. The second-order valence-electron chi connectivity index (χ2n) is 4.47. The molecule has 0 unspecified atom stereocenters. The zero-order valence-electron chi connectivity index (χ0n) is 11.2. The van der Waals surface area contributed by atoms with E-state index in [2.05, 4.69) is 10.5 Å². The van der Waals surface area contributed by atoms with Gasteiger partial charge < -0.3 is 9.84 Å². The summed E-state index contributed by atoms with van der Waals surface area (Å²) in [7, 11) is 0. The van der Waals surface area contributed by atoms with Gasteiger partial charge in [0.2, 0.25) is 0 Å². The Labute approximate surface area is 140 Å². The molecule has 0 saturated carbocycles. The lowest BCUT2D eigenvalue weighted by molar-refractivity contribution is 0.0951. The molecule has 22 heavy (non-hydrogen) atoms. The smallest absolute Gasteiger partial charge is 0.261 e. The summed E-state index contributed by atoms with van der Waals surface area (Å²) in [5, 5.41) is 7.40. The predicted octanol–water partition coefficient (Wildman–Crippen LogP) is 4.64. The highest BCUT2D eigenvalue weighted by Crippen LogP contribution is 2.22. The molecule has 3 rings (SSSR count). The molecule has 4 nitrogen and oxygen atoms in total. The van der Waals surface area contributed by atoms with Gasteiger partial charge in [-0.3, -0.25) is 4.79 Å². The van der Waals surface area contributed by atoms with E-state index in [1.807, 2.05) is 12.1 Å². The minimum Gasteiger partial charge on any atom is -0.359 e. The second-order valence-corrected chi connectivity index (χ2v) is 6.62. The minimum absolute atomic E-state index is 0.193. The minimum atomic E-state index is -0.193. The lowest BCUT2D eigenvalue weighted by atomic mass is 10.1. The topological polar surface area (TPSA) is 55.1 Å². The van der Waals surface area contributed by atoms with E-state index < -0.39 is 0 Å². The summed E-state index contributed by atoms with van der Waals surface area (Å²) < 4.78 is 5.80. The van der Waals surface area contributed by atoms with Crippen LogP contribution in [-0.4, -0.2) is 11.1 Å². The molecule has 0 aliphatic heterocycles. The second kappa shape index (κ2) is 6.52. The molecule has 3 aromatic rings. The number of nitrogens with one attached hydrogen (secondary N) is 1. The summed E-state index contributed by atoms with van der Waals surface area (Å²) in [6, 6.07) is 12.4. The third-order valence-corrected chi connectivity index (χ3v) is 4.40. The summed E-state index contributed by atoms with van der Waals surface area (Å²) in [5.74, 6) is 0.377. The fourth-order valence-corrected chi connectivity index (χ4v) is 2.93. The SMILES string of the molecule is O=C(NCc1cc(-c2ccc(Cl)cc2)no1)c1ccc(Cl)s1. The van der Waals surface area contributed by atoms with Gasteiger partial charge in [-0.2, -0.15) is 0 Å². The van der Waals surface area contributed by atoms with E-state index in [1.165, 1.54) is 11.3 Å². The first-order valence-corrected chi connectivity index (χ1v) is 7.94. The van der Waals surface area contributed by atoms with Crippen LogP contribution in [0.5, 0.6) is 0 Å². The first kappa shape index (κ1) is 15.1. The van der Waals surface area contributed by atoms with Crippen molar-refractivity contribution in [3.8, 4) is 11.3 Å². The van der Waals surface area contributed by atoms with E-state index in [1.54, 1.807) is 30.3 Å². The zero-order valence-corrected chi connectivity index (χ0v) is 13.5. The van der Waals surface area contributed by atoms with E-state index >= 15 is 0 Å². The van der Waals surface area contributed by atoms with Crippen molar-refractivity contribution in [2.45, 2.75) is 6.54 Å². The molecular weight excluding hydrogens is 343 g/mol. The maximum atomic E-state index is 11.9. The number of thiophene rings is 1. The summed E-state index contributed by atoms with van der Waals surface area (Å²) >= 11 is 12.9. The number of carbonyl (C=O) groups excluding carboxylic acids is 1. The van der Waals surface area contributed by atoms with E-state index in [9.17, 15) is 4.79 Å². The molecular formula is C15H10Cl2N2O2S. The molecule has 0 aliphatic carbocycles. The van der Waals surface area contributed by atoms with Gasteiger partial charge in [0.05, 0.1) is 15.8 Å². The number of hydrogen-bond acceptors (Lipinski definition) is 4. The first-order valence-electron chi connectivity index (χ1n) is 6.37. The van der Waals surface area contributed by atoms with Crippen LogP contribution < -0.4 is 5.32 Å². The highest BCUT2D eigenvalue weighted by Gasteiger charge is 2.11. The van der Waals surface area contributed by atoms with Crippen LogP contribution >= 0.6 is 34.5 Å². The van der Waals surface area contributed by atoms with Gasteiger partial charge in [-0.15, -0.1) is 11.3 Å². The molecule has 0 saturated heterocycles. The molecule has 0 radical (unpaired) electrons. The number of amides is 1. The fourth-order valence-electron chi connectivity index (χ4n) is 1.84. The van der Waals surface area contributed by atoms with Gasteiger partial charge in [-0.05, 0) is 24.3 Å². The van der Waals surface area contributed by atoms with Gasteiger partial charge in [0, 0.05) is 16.7 Å². The maximum absolute atomic E-state index is 11.9. The van der Waals surface area contributed by atoms with E-state index in [0.29, 0.717) is 25.7 Å². The molecule has 1 amide bonds. The Hall–Kier alpha value is -1.82. The molecule has 0 bridgehead atoms. The van der Waals surface area contributed by atoms with Crippen molar-refractivity contribution in [2.75, 3.05) is 0 Å². The normalized spacial score (nSPS) is 10.6. The van der Waals surface area contributed by atoms with Crippen molar-refractivity contribution in [1.29, 1.82) is 0 Å². The van der Waals surface area contributed by atoms with E-state index in [4.69, 9.17) is 27.7 Å². The molecule has 0 aliphatic rings. The van der Waals surface area contributed by atoms with Crippen molar-refractivity contribution < 1.29 is 9.32 Å². The third kappa shape index (κ3) is 3.50. The van der Waals surface area contributed by atoms with Crippen molar-refractivity contribution in [2.24, 2.45) is 0 Å². The maximum Gasteiger partial charge on any atom is 0.261 e. The highest BCUT2D eigenvalue weighted by atomic mass is 35.5. The highest BCUT2D eigenvalue weighted by molar-refractivity contribution is 7.17. The van der Waals surface area contributed by atoms with Crippen LogP contribution in [-0.2, 0) is 6.54 Å². The number of carbonyl (C=O) groups is 1. The molecule has 0 atom stereocenters. The molecule has 1 N–H and O–H groups in total. The fraction of sp³-hybridized carbons (Fsp3) is 0.0667. The summed E-state index contributed by atoms with van der Waals surface area (Å²) in [4.78, 5) is 12.5. The number of halogens is 2. The van der Waals surface area contributed by atoms with Gasteiger partial charge in [-0.25, -0.2) is 0 Å². The van der Waals surface area contributed by atoms with Crippen LogP contribution in [0.4, 0.5) is 0 Å². The van der Waals surface area contributed by atoms with Crippen LogP contribution in [0.25, 0.3) is 11.3 Å². The average Bonchev–Trinajstić information content (AvgIpc) is 3.15. The third-order valence-electron chi connectivity index (χ3n) is 2.92. The lowest BCUT2D eigenvalue weighted by Crippen LogP contribution is -2.21. The monoisotopic (exact) mass is 352 g/mol. The molecule has 0 spiro atoms. The molecule has 0 fully saturated rings. The van der Waals surface area contributed by atoms with Crippen LogP contribution in [0.1, 0.15) is 15.4 Å². The Bertz CT molecular complexity index is 796. The summed E-state index contributed by atoms with van der Waals surface area (Å²) in [5.41, 5.74) is 1.59. The zero-order chi connectivity index (χ0) is 15.5. The molecule has 112 valence electrons. The van der Waals surface area contributed by atoms with E-state index in [-0.39, 0.29) is 12.5 Å². The standard InChI is InChI=1S/C15H10Cl2N2O2S/c16-10-3-1-9(2-4-10)12-7-11(21-19-12)8-18-15(20)13-5-6-14(17)22-13/h1-7H,8H2,(H,18,20). The average molecular weight is 353 g/mol. The number of nitrogens with zero attached hydrogens (tertiary/aromatic N) is 1. The van der Waals surface area contributed by atoms with Crippen molar-refractivity contribution in [3.05, 3.63) is 62.5 Å². The van der Waals surface area contributed by atoms with Crippen LogP contribution in [0.15, 0.2) is 47.0 Å². The summed E-state index contributed by atoms with van der Waals surface area (Å²) in [6.07, 6.45) is 0. The van der Waals surface area contributed by atoms with Gasteiger partial charge in [0.25, 0.3) is 5.91 Å². The van der Waals surface area contributed by atoms with E-state index in [0.717, 1.165) is 5.56 Å². The van der Waals surface area contributed by atoms with Crippen LogP contribution in [0.2, 0.25) is 9.36 Å². The summed E-state index contributed by atoms with van der Waals surface area (Å²) in [6.45, 7) is 0.259. The van der Waals surface area contributed by atoms with Crippen molar-refractivity contribution >= 4 is 40.4 Å². The molecule has 1 aromatic carbocycles. The largest absolute Gasteiger partial charge is 0.359 e. The molecule has 2 heterocycles. The number of aromatic nitrogens is 1. The van der Waals surface area contributed by atoms with Crippen LogP contribution in [0, 0.1) is 0 Å². The number of benzene rings is 1. The first-order chi connectivity index (χ1) is 10.6. The Kier molecular flexibility index (Phi) is 4.47. The molecule has 2 aromatic heterocycles. The number of rotatable bonds is 4. The molecule has 7 heteroatoms. The van der Waals surface area contributed by atoms with Gasteiger partial charge >= 0.3 is 0 Å². The number of hydrogen-bond donors (Lipinski definition) is 1. The van der Waals surface area contributed by atoms with Crippen molar-refractivity contribution in [1.82, 2.24) is 10.5 Å². The quantitative estimate of drug-likeness (QED) is 0.743. The van der Waals surface area contributed by atoms with Gasteiger partial charge in [0.1, 0.15) is 5.69 Å². The lowest BCUT2D eigenvalue weighted by Gasteiger charge is -1.99. The Balaban J connectivity index is 1.64. The van der Waals surface area contributed by atoms with Gasteiger partial charge in [-0.1, -0.05) is 40.5 Å². The van der Waals surface area contributed by atoms with Crippen molar-refractivity contribution in [3.63, 3.8) is 0 Å². The van der Waals surface area contributed by atoms with Crippen LogP contribution in [0.3, 0.4) is 0 Å². The Morgan fingerprint density at radius 1 is 1.18 bits per heavy atom.